The molecule has 2 unspecified atom stereocenters. The van der Waals surface area contributed by atoms with Crippen LogP contribution in [0.2, 0.25) is 0 Å². The lowest BCUT2D eigenvalue weighted by Gasteiger charge is -2.19. The predicted octanol–water partition coefficient (Wildman–Crippen LogP) is 3.39. The fraction of sp³-hybridized carbons (Fsp3) is 0.368. The molecule has 2 rings (SSSR count). The van der Waals surface area contributed by atoms with Gasteiger partial charge in [0.2, 0.25) is 0 Å². The zero-order valence-electron chi connectivity index (χ0n) is 13.7. The number of benzene rings is 2. The minimum atomic E-state index is -0.498. The molecule has 0 amide bonds. The van der Waals surface area contributed by atoms with Gasteiger partial charge in [-0.2, -0.15) is 0 Å². The SMILES string of the molecule is CCOc1cccc(CNC(C)CC(O)c2ccccc2)c1O. The molecule has 23 heavy (non-hydrogen) atoms. The minimum absolute atomic E-state index is 0.111. The summed E-state index contributed by atoms with van der Waals surface area (Å²) in [5.74, 6) is 0.682. The number of para-hydroxylation sites is 1. The van der Waals surface area contributed by atoms with Crippen LogP contribution in [-0.4, -0.2) is 22.9 Å². The fourth-order valence-corrected chi connectivity index (χ4v) is 2.50. The zero-order valence-corrected chi connectivity index (χ0v) is 13.7. The van der Waals surface area contributed by atoms with Crippen LogP contribution in [0.1, 0.15) is 37.5 Å². The molecule has 2 aromatic rings. The maximum Gasteiger partial charge on any atom is 0.162 e. The van der Waals surface area contributed by atoms with Crippen LogP contribution in [0.15, 0.2) is 48.5 Å². The second-order valence-corrected chi connectivity index (χ2v) is 5.64. The van der Waals surface area contributed by atoms with Crippen molar-refractivity contribution in [2.75, 3.05) is 6.61 Å². The van der Waals surface area contributed by atoms with Crippen molar-refractivity contribution in [1.29, 1.82) is 0 Å². The molecule has 0 saturated carbocycles. The Balaban J connectivity index is 1.89. The standard InChI is InChI=1S/C19H25NO3/c1-3-23-18-11-7-10-16(19(18)22)13-20-14(2)12-17(21)15-8-5-4-6-9-15/h4-11,14,17,20-22H,3,12-13H2,1-2H3. The van der Waals surface area contributed by atoms with Gasteiger partial charge in [0, 0.05) is 18.2 Å². The summed E-state index contributed by atoms with van der Waals surface area (Å²) in [5.41, 5.74) is 1.71. The first-order chi connectivity index (χ1) is 11.1. The van der Waals surface area contributed by atoms with Crippen molar-refractivity contribution in [1.82, 2.24) is 5.32 Å². The van der Waals surface area contributed by atoms with E-state index < -0.39 is 6.10 Å². The average Bonchev–Trinajstić information content (AvgIpc) is 2.56. The van der Waals surface area contributed by atoms with Crippen LogP contribution < -0.4 is 10.1 Å². The highest BCUT2D eigenvalue weighted by Crippen LogP contribution is 2.29. The molecule has 0 aliphatic rings. The van der Waals surface area contributed by atoms with Crippen LogP contribution >= 0.6 is 0 Å². The normalized spacial score (nSPS) is 13.5. The Bertz CT molecular complexity index is 601. The third-order valence-electron chi connectivity index (χ3n) is 3.78. The van der Waals surface area contributed by atoms with E-state index in [1.165, 1.54) is 0 Å². The van der Waals surface area contributed by atoms with E-state index in [0.29, 0.717) is 25.3 Å². The molecule has 4 nitrogen and oxygen atoms in total. The molecule has 0 heterocycles. The van der Waals surface area contributed by atoms with Crippen molar-refractivity contribution in [3.63, 3.8) is 0 Å². The van der Waals surface area contributed by atoms with Gasteiger partial charge in [-0.15, -0.1) is 0 Å². The summed E-state index contributed by atoms with van der Waals surface area (Å²) in [7, 11) is 0. The lowest BCUT2D eigenvalue weighted by Crippen LogP contribution is -2.27. The average molecular weight is 315 g/mol. The second kappa shape index (κ2) is 8.56. The Morgan fingerprint density at radius 2 is 1.83 bits per heavy atom. The van der Waals surface area contributed by atoms with Crippen molar-refractivity contribution < 1.29 is 14.9 Å². The first-order valence-electron chi connectivity index (χ1n) is 8.01. The van der Waals surface area contributed by atoms with Crippen molar-refractivity contribution in [3.05, 3.63) is 59.7 Å². The van der Waals surface area contributed by atoms with Gasteiger partial charge >= 0.3 is 0 Å². The molecular formula is C19H25NO3. The van der Waals surface area contributed by atoms with Crippen LogP contribution in [-0.2, 0) is 6.54 Å². The zero-order chi connectivity index (χ0) is 16.7. The van der Waals surface area contributed by atoms with Crippen molar-refractivity contribution >= 4 is 0 Å². The van der Waals surface area contributed by atoms with E-state index in [2.05, 4.69) is 5.32 Å². The first kappa shape index (κ1) is 17.3. The number of nitrogens with one attached hydrogen (secondary N) is 1. The van der Waals surface area contributed by atoms with E-state index in [1.807, 2.05) is 56.3 Å². The summed E-state index contributed by atoms with van der Waals surface area (Å²) in [6, 6.07) is 15.2. The molecule has 0 radical (unpaired) electrons. The van der Waals surface area contributed by atoms with Gasteiger partial charge in [-0.3, -0.25) is 0 Å². The molecule has 0 aliphatic heterocycles. The maximum atomic E-state index is 10.2. The number of phenols is 1. The second-order valence-electron chi connectivity index (χ2n) is 5.64. The third kappa shape index (κ3) is 4.98. The molecule has 2 atom stereocenters. The van der Waals surface area contributed by atoms with Gasteiger partial charge in [0.05, 0.1) is 12.7 Å². The number of aromatic hydroxyl groups is 1. The Morgan fingerprint density at radius 1 is 1.09 bits per heavy atom. The largest absolute Gasteiger partial charge is 0.504 e. The molecule has 0 bridgehead atoms. The highest BCUT2D eigenvalue weighted by molar-refractivity contribution is 5.45. The van der Waals surface area contributed by atoms with Crippen molar-refractivity contribution in [2.24, 2.45) is 0 Å². The smallest absolute Gasteiger partial charge is 0.162 e. The van der Waals surface area contributed by atoms with Gasteiger partial charge in [-0.05, 0) is 31.9 Å². The van der Waals surface area contributed by atoms with Crippen molar-refractivity contribution in [2.45, 2.75) is 39.0 Å². The van der Waals surface area contributed by atoms with Crippen LogP contribution in [0, 0.1) is 0 Å². The van der Waals surface area contributed by atoms with Gasteiger partial charge in [-0.25, -0.2) is 0 Å². The number of rotatable bonds is 8. The van der Waals surface area contributed by atoms with Gasteiger partial charge in [0.1, 0.15) is 0 Å². The Hall–Kier alpha value is -2.04. The molecule has 0 aliphatic carbocycles. The number of hydrogen-bond acceptors (Lipinski definition) is 4. The van der Waals surface area contributed by atoms with E-state index in [9.17, 15) is 10.2 Å². The Morgan fingerprint density at radius 3 is 2.52 bits per heavy atom. The molecular weight excluding hydrogens is 290 g/mol. The Kier molecular flexibility index (Phi) is 6.44. The number of aliphatic hydroxyl groups is 1. The number of phenolic OH excluding ortho intramolecular Hbond substituents is 1. The number of ether oxygens (including phenoxy) is 1. The molecule has 0 saturated heterocycles. The highest BCUT2D eigenvalue weighted by Gasteiger charge is 2.13. The van der Waals surface area contributed by atoms with Crippen LogP contribution in [0.5, 0.6) is 11.5 Å². The molecule has 124 valence electrons. The summed E-state index contributed by atoms with van der Waals surface area (Å²) in [5, 5.41) is 23.8. The van der Waals surface area contributed by atoms with Gasteiger partial charge in [-0.1, -0.05) is 42.5 Å². The summed E-state index contributed by atoms with van der Waals surface area (Å²) in [6.07, 6.45) is 0.109. The molecule has 4 heteroatoms. The predicted molar refractivity (Wildman–Crippen MR) is 91.6 cm³/mol. The quantitative estimate of drug-likeness (QED) is 0.699. The molecule has 0 spiro atoms. The third-order valence-corrected chi connectivity index (χ3v) is 3.78. The summed E-state index contributed by atoms with van der Waals surface area (Å²) in [4.78, 5) is 0. The van der Waals surface area contributed by atoms with Crippen LogP contribution in [0.4, 0.5) is 0 Å². The molecule has 2 aromatic carbocycles. The van der Waals surface area contributed by atoms with Gasteiger partial charge in [0.15, 0.2) is 11.5 Å². The van der Waals surface area contributed by atoms with Gasteiger partial charge < -0.3 is 20.3 Å². The summed E-state index contributed by atoms with van der Waals surface area (Å²) in [6.45, 7) is 4.95. The minimum Gasteiger partial charge on any atom is -0.504 e. The lowest BCUT2D eigenvalue weighted by atomic mass is 10.0. The Labute approximate surface area is 137 Å². The van der Waals surface area contributed by atoms with Crippen molar-refractivity contribution in [3.8, 4) is 11.5 Å². The van der Waals surface area contributed by atoms with E-state index in [4.69, 9.17) is 4.74 Å². The maximum absolute atomic E-state index is 10.2. The van der Waals surface area contributed by atoms with E-state index in [1.54, 1.807) is 6.07 Å². The number of aliphatic hydroxyl groups excluding tert-OH is 1. The molecule has 0 aromatic heterocycles. The van der Waals surface area contributed by atoms with Crippen LogP contribution in [0.3, 0.4) is 0 Å². The fourth-order valence-electron chi connectivity index (χ4n) is 2.50. The van der Waals surface area contributed by atoms with E-state index >= 15 is 0 Å². The molecule has 3 N–H and O–H groups in total. The summed E-state index contributed by atoms with van der Waals surface area (Å²) >= 11 is 0. The van der Waals surface area contributed by atoms with E-state index in [-0.39, 0.29) is 11.8 Å². The summed E-state index contributed by atoms with van der Waals surface area (Å²) < 4.78 is 5.39. The monoisotopic (exact) mass is 315 g/mol. The highest BCUT2D eigenvalue weighted by atomic mass is 16.5. The van der Waals surface area contributed by atoms with Gasteiger partial charge in [0.25, 0.3) is 0 Å². The van der Waals surface area contributed by atoms with E-state index in [0.717, 1.165) is 11.1 Å². The molecule has 0 fully saturated rings. The lowest BCUT2D eigenvalue weighted by molar-refractivity contribution is 0.154. The topological polar surface area (TPSA) is 61.7 Å². The van der Waals surface area contributed by atoms with Crippen LogP contribution in [0.25, 0.3) is 0 Å². The first-order valence-corrected chi connectivity index (χ1v) is 8.01. The number of hydrogen-bond donors (Lipinski definition) is 3.